The Morgan fingerprint density at radius 1 is 1.33 bits per heavy atom. The molecule has 1 aromatic heterocycles. The van der Waals surface area contributed by atoms with Gasteiger partial charge < -0.3 is 5.73 Å². The Balaban J connectivity index is 0.000000561. The van der Waals surface area contributed by atoms with Crippen molar-refractivity contribution in [3.8, 4) is 0 Å². The Bertz CT molecular complexity index is 232. The van der Waals surface area contributed by atoms with Gasteiger partial charge in [0.1, 0.15) is 5.82 Å². The molecule has 0 spiro atoms. The molecule has 12 heavy (non-hydrogen) atoms. The summed E-state index contributed by atoms with van der Waals surface area (Å²) in [6.45, 7) is 7.25. The van der Waals surface area contributed by atoms with Gasteiger partial charge >= 0.3 is 0 Å². The van der Waals surface area contributed by atoms with Gasteiger partial charge in [-0.1, -0.05) is 13.8 Å². The van der Waals surface area contributed by atoms with Crippen LogP contribution in [0.15, 0.2) is 6.20 Å². The lowest BCUT2D eigenvalue weighted by Gasteiger charge is -2.01. The quantitative estimate of drug-likeness (QED) is 0.649. The third-order valence-corrected chi connectivity index (χ3v) is 1.48. The van der Waals surface area contributed by atoms with Gasteiger partial charge in [0.05, 0.1) is 17.6 Å². The zero-order valence-corrected chi connectivity index (χ0v) is 7.98. The van der Waals surface area contributed by atoms with E-state index in [0.717, 1.165) is 0 Å². The average Bonchev–Trinajstić information content (AvgIpc) is 2.12. The van der Waals surface area contributed by atoms with Gasteiger partial charge in [-0.25, -0.2) is 4.39 Å². The third kappa shape index (κ3) is 2.19. The van der Waals surface area contributed by atoms with E-state index in [2.05, 4.69) is 4.98 Å². The van der Waals surface area contributed by atoms with Gasteiger partial charge in [-0.15, -0.1) is 0 Å². The fraction of sp³-hybridized carbons (Fsp3) is 0.444. The first-order valence-corrected chi connectivity index (χ1v) is 4.00. The van der Waals surface area contributed by atoms with E-state index in [1.807, 2.05) is 13.8 Å². The second kappa shape index (κ2) is 4.70. The van der Waals surface area contributed by atoms with Crippen molar-refractivity contribution < 1.29 is 4.39 Å². The van der Waals surface area contributed by atoms with Gasteiger partial charge in [0, 0.05) is 5.56 Å². The fourth-order valence-corrected chi connectivity index (χ4v) is 0.718. The minimum Gasteiger partial charge on any atom is -0.397 e. The van der Waals surface area contributed by atoms with E-state index in [9.17, 15) is 4.39 Å². The molecule has 1 aromatic rings. The Labute approximate surface area is 72.6 Å². The number of nitrogens with two attached hydrogens (primary N) is 1. The van der Waals surface area contributed by atoms with Crippen LogP contribution in [-0.4, -0.2) is 4.98 Å². The molecule has 68 valence electrons. The molecule has 0 saturated heterocycles. The van der Waals surface area contributed by atoms with Crippen LogP contribution in [0.1, 0.15) is 25.1 Å². The van der Waals surface area contributed by atoms with E-state index in [1.54, 1.807) is 13.8 Å². The maximum Gasteiger partial charge on any atom is 0.149 e. The number of aryl methyl sites for hydroxylation is 1. The molecule has 0 saturated carbocycles. The summed E-state index contributed by atoms with van der Waals surface area (Å²) < 4.78 is 12.8. The van der Waals surface area contributed by atoms with E-state index in [4.69, 9.17) is 5.73 Å². The van der Waals surface area contributed by atoms with E-state index in [0.29, 0.717) is 16.9 Å². The average molecular weight is 170 g/mol. The molecule has 1 heterocycles. The van der Waals surface area contributed by atoms with Gasteiger partial charge in [-0.3, -0.25) is 4.98 Å². The predicted octanol–water partition coefficient (Wildman–Crippen LogP) is 2.45. The van der Waals surface area contributed by atoms with E-state index in [-0.39, 0.29) is 5.82 Å². The molecule has 0 aliphatic heterocycles. The zero-order chi connectivity index (χ0) is 9.72. The Kier molecular flexibility index (Phi) is 4.26. The summed E-state index contributed by atoms with van der Waals surface area (Å²) in [6.07, 6.45) is 1.47. The van der Waals surface area contributed by atoms with Crippen molar-refractivity contribution >= 4 is 5.69 Å². The van der Waals surface area contributed by atoms with Crippen LogP contribution in [0.3, 0.4) is 0 Å². The lowest BCUT2D eigenvalue weighted by molar-refractivity contribution is 0.601. The zero-order valence-electron chi connectivity index (χ0n) is 7.98. The Morgan fingerprint density at radius 3 is 2.25 bits per heavy atom. The molecular formula is C9H15FN2. The number of hydrogen-bond acceptors (Lipinski definition) is 2. The number of halogens is 1. The van der Waals surface area contributed by atoms with Crippen molar-refractivity contribution in [1.29, 1.82) is 0 Å². The van der Waals surface area contributed by atoms with Gasteiger partial charge in [-0.05, 0) is 13.8 Å². The maximum absolute atomic E-state index is 12.8. The molecule has 0 aliphatic rings. The molecule has 0 fully saturated rings. The van der Waals surface area contributed by atoms with Crippen LogP contribution < -0.4 is 5.73 Å². The van der Waals surface area contributed by atoms with E-state index < -0.39 is 0 Å². The molecule has 2 N–H and O–H groups in total. The lowest BCUT2D eigenvalue weighted by Crippen LogP contribution is -1.97. The topological polar surface area (TPSA) is 38.9 Å². The molecule has 3 heteroatoms. The standard InChI is InChI=1S/C7H9FN2.C2H6/c1-4-6(9)3-10-5(2)7(4)8;1-2/h3H,9H2,1-2H3;1-2H3. The first-order valence-electron chi connectivity index (χ1n) is 4.00. The Morgan fingerprint density at radius 2 is 1.83 bits per heavy atom. The number of anilines is 1. The van der Waals surface area contributed by atoms with Gasteiger partial charge in [0.2, 0.25) is 0 Å². The normalized spacial score (nSPS) is 8.75. The first kappa shape index (κ1) is 10.9. The summed E-state index contributed by atoms with van der Waals surface area (Å²) in [7, 11) is 0. The summed E-state index contributed by atoms with van der Waals surface area (Å²) in [5.74, 6) is -0.306. The second-order valence-electron chi connectivity index (χ2n) is 2.24. The van der Waals surface area contributed by atoms with Crippen LogP contribution in [0.4, 0.5) is 10.1 Å². The smallest absolute Gasteiger partial charge is 0.149 e. The largest absolute Gasteiger partial charge is 0.397 e. The number of nitrogens with zero attached hydrogens (tertiary/aromatic N) is 1. The molecule has 0 aromatic carbocycles. The highest BCUT2D eigenvalue weighted by Crippen LogP contribution is 2.14. The molecule has 0 atom stereocenters. The van der Waals surface area contributed by atoms with Crippen LogP contribution in [0.2, 0.25) is 0 Å². The highest BCUT2D eigenvalue weighted by Gasteiger charge is 2.03. The number of rotatable bonds is 0. The van der Waals surface area contributed by atoms with Crippen LogP contribution in [0, 0.1) is 19.7 Å². The van der Waals surface area contributed by atoms with Crippen molar-refractivity contribution in [1.82, 2.24) is 4.98 Å². The van der Waals surface area contributed by atoms with Crippen LogP contribution in [0.25, 0.3) is 0 Å². The van der Waals surface area contributed by atoms with Crippen LogP contribution in [-0.2, 0) is 0 Å². The predicted molar refractivity (Wildman–Crippen MR) is 49.4 cm³/mol. The minimum atomic E-state index is -0.306. The highest BCUT2D eigenvalue weighted by molar-refractivity contribution is 5.44. The molecule has 0 radical (unpaired) electrons. The lowest BCUT2D eigenvalue weighted by atomic mass is 10.2. The van der Waals surface area contributed by atoms with Crippen molar-refractivity contribution in [3.63, 3.8) is 0 Å². The number of hydrogen-bond donors (Lipinski definition) is 1. The molecule has 0 bridgehead atoms. The second-order valence-corrected chi connectivity index (χ2v) is 2.24. The minimum absolute atomic E-state index is 0.306. The van der Waals surface area contributed by atoms with Crippen LogP contribution in [0.5, 0.6) is 0 Å². The fourth-order valence-electron chi connectivity index (χ4n) is 0.718. The van der Waals surface area contributed by atoms with Gasteiger partial charge in [0.15, 0.2) is 0 Å². The number of nitrogen functional groups attached to an aromatic ring is 1. The molecule has 1 rings (SSSR count). The van der Waals surface area contributed by atoms with Gasteiger partial charge in [-0.2, -0.15) is 0 Å². The SMILES string of the molecule is CC.Cc1ncc(N)c(C)c1F. The van der Waals surface area contributed by atoms with Crippen LogP contribution >= 0.6 is 0 Å². The van der Waals surface area contributed by atoms with E-state index in [1.165, 1.54) is 6.20 Å². The van der Waals surface area contributed by atoms with E-state index >= 15 is 0 Å². The Hall–Kier alpha value is -1.12. The summed E-state index contributed by atoms with van der Waals surface area (Å²) in [4.78, 5) is 3.74. The summed E-state index contributed by atoms with van der Waals surface area (Å²) >= 11 is 0. The van der Waals surface area contributed by atoms with Gasteiger partial charge in [0.25, 0.3) is 0 Å². The third-order valence-electron chi connectivity index (χ3n) is 1.48. The molecule has 2 nitrogen and oxygen atoms in total. The highest BCUT2D eigenvalue weighted by atomic mass is 19.1. The first-order chi connectivity index (χ1) is 5.63. The van der Waals surface area contributed by atoms with Crippen molar-refractivity contribution in [3.05, 3.63) is 23.3 Å². The maximum atomic E-state index is 12.8. The van der Waals surface area contributed by atoms with Crippen molar-refractivity contribution in [2.45, 2.75) is 27.7 Å². The number of aromatic nitrogens is 1. The molecule has 0 unspecified atom stereocenters. The molecule has 0 amide bonds. The molecular weight excluding hydrogens is 155 g/mol. The number of pyridine rings is 1. The van der Waals surface area contributed by atoms with Crippen molar-refractivity contribution in [2.24, 2.45) is 0 Å². The summed E-state index contributed by atoms with van der Waals surface area (Å²) in [6, 6.07) is 0. The summed E-state index contributed by atoms with van der Waals surface area (Å²) in [5, 5.41) is 0. The monoisotopic (exact) mass is 170 g/mol. The van der Waals surface area contributed by atoms with Crippen molar-refractivity contribution in [2.75, 3.05) is 5.73 Å². The summed E-state index contributed by atoms with van der Waals surface area (Å²) in [5.41, 5.74) is 6.67. The molecule has 0 aliphatic carbocycles.